The first kappa shape index (κ1) is 21.9. The second-order valence-electron chi connectivity index (χ2n) is 9.18. The van der Waals surface area contributed by atoms with E-state index in [4.69, 9.17) is 10.5 Å². The molecule has 0 aliphatic carbocycles. The molecule has 2 atom stereocenters. The zero-order valence-electron chi connectivity index (χ0n) is 15.8. The molecular formula is C17H32O6. The third kappa shape index (κ3) is 4.44. The molecule has 2 N–H and O–H groups in total. The van der Waals surface area contributed by atoms with Gasteiger partial charge in [-0.1, -0.05) is 41.5 Å². The molecule has 2 unspecified atom stereocenters. The number of rotatable bonds is 5. The summed E-state index contributed by atoms with van der Waals surface area (Å²) >= 11 is 0. The average Bonchev–Trinajstić information content (AvgIpc) is 2.39. The van der Waals surface area contributed by atoms with Gasteiger partial charge in [0, 0.05) is 0 Å². The number of hydrogen-bond donors (Lipinski definition) is 2. The monoisotopic (exact) mass is 332 g/mol. The summed E-state index contributed by atoms with van der Waals surface area (Å²) in [6, 6.07) is 0. The summed E-state index contributed by atoms with van der Waals surface area (Å²) in [5.74, 6) is -1.82. The fourth-order valence-corrected chi connectivity index (χ4v) is 3.11. The van der Waals surface area contributed by atoms with Gasteiger partial charge in [0.1, 0.15) is 0 Å². The largest absolute Gasteiger partial charge is 0.348 e. The van der Waals surface area contributed by atoms with Crippen molar-refractivity contribution in [1.82, 2.24) is 0 Å². The Bertz CT molecular complexity index is 441. The van der Waals surface area contributed by atoms with Crippen molar-refractivity contribution in [2.75, 3.05) is 0 Å². The highest BCUT2D eigenvalue weighted by atomic mass is 17.1. The molecule has 6 nitrogen and oxygen atoms in total. The predicted octanol–water partition coefficient (Wildman–Crippen LogP) is 4.15. The van der Waals surface area contributed by atoms with Crippen molar-refractivity contribution in [1.29, 1.82) is 0 Å². The smallest absolute Gasteiger partial charge is 0.300 e. The lowest BCUT2D eigenvalue weighted by atomic mass is 9.55. The molecule has 6 heteroatoms. The normalized spacial score (nSPS) is 17.2. The second-order valence-corrected chi connectivity index (χ2v) is 9.18. The van der Waals surface area contributed by atoms with Crippen molar-refractivity contribution in [2.24, 2.45) is 27.6 Å². The van der Waals surface area contributed by atoms with E-state index in [1.54, 1.807) is 20.8 Å². The molecule has 0 aromatic heterocycles. The molecule has 0 fully saturated rings. The lowest BCUT2D eigenvalue weighted by Gasteiger charge is -2.48. The predicted molar refractivity (Wildman–Crippen MR) is 86.3 cm³/mol. The maximum Gasteiger partial charge on any atom is 0.348 e. The topological polar surface area (TPSA) is 93.1 Å². The van der Waals surface area contributed by atoms with Crippen LogP contribution < -0.4 is 0 Å². The molecule has 0 aliphatic rings. The van der Waals surface area contributed by atoms with Crippen LogP contribution in [-0.4, -0.2) is 22.5 Å². The Morgan fingerprint density at radius 1 is 0.826 bits per heavy atom. The lowest BCUT2D eigenvalue weighted by Crippen LogP contribution is -2.49. The summed E-state index contributed by atoms with van der Waals surface area (Å²) in [5, 5.41) is 17.7. The first-order valence-corrected chi connectivity index (χ1v) is 7.77. The first-order chi connectivity index (χ1) is 10.1. The van der Waals surface area contributed by atoms with E-state index in [1.807, 2.05) is 41.5 Å². The second kappa shape index (κ2) is 6.77. The van der Waals surface area contributed by atoms with Crippen LogP contribution in [0.3, 0.4) is 0 Å². The Morgan fingerprint density at radius 2 is 1.22 bits per heavy atom. The van der Waals surface area contributed by atoms with Crippen LogP contribution in [-0.2, 0) is 19.4 Å². The molecule has 0 amide bonds. The van der Waals surface area contributed by atoms with E-state index >= 15 is 0 Å². The first-order valence-electron chi connectivity index (χ1n) is 7.77. The SMILES string of the molecule is CC(C)(C)C(CC(C)(C(=O)OO)C(C)(C)C)C(C)(C)C(=O)OO. The molecule has 0 radical (unpaired) electrons. The molecule has 0 spiro atoms. The summed E-state index contributed by atoms with van der Waals surface area (Å²) in [5.41, 5.74) is -2.95. The van der Waals surface area contributed by atoms with Gasteiger partial charge in [-0.3, -0.25) is 0 Å². The van der Waals surface area contributed by atoms with Crippen LogP contribution in [0.25, 0.3) is 0 Å². The zero-order chi connectivity index (χ0) is 18.9. The summed E-state index contributed by atoms with van der Waals surface area (Å²) in [6.45, 7) is 16.6. The average molecular weight is 332 g/mol. The van der Waals surface area contributed by atoms with E-state index in [-0.39, 0.29) is 17.8 Å². The molecule has 23 heavy (non-hydrogen) atoms. The van der Waals surface area contributed by atoms with Crippen molar-refractivity contribution in [2.45, 2.75) is 68.7 Å². The zero-order valence-corrected chi connectivity index (χ0v) is 15.8. The van der Waals surface area contributed by atoms with Gasteiger partial charge in [0.25, 0.3) is 0 Å². The van der Waals surface area contributed by atoms with E-state index < -0.39 is 28.2 Å². The minimum absolute atomic E-state index is 0.279. The number of carbonyl (C=O) groups is 2. The summed E-state index contributed by atoms with van der Waals surface area (Å²) in [4.78, 5) is 32.4. The highest BCUT2D eigenvalue weighted by Gasteiger charge is 2.54. The third-order valence-corrected chi connectivity index (χ3v) is 5.33. The van der Waals surface area contributed by atoms with Crippen LogP contribution in [0.4, 0.5) is 0 Å². The lowest BCUT2D eigenvalue weighted by molar-refractivity contribution is -0.256. The maximum atomic E-state index is 12.3. The van der Waals surface area contributed by atoms with Gasteiger partial charge in [-0.2, -0.15) is 10.5 Å². The summed E-state index contributed by atoms with van der Waals surface area (Å²) in [6.07, 6.45) is 0.279. The summed E-state index contributed by atoms with van der Waals surface area (Å²) in [7, 11) is 0. The van der Waals surface area contributed by atoms with Gasteiger partial charge < -0.3 is 9.78 Å². The van der Waals surface area contributed by atoms with E-state index in [0.717, 1.165) is 0 Å². The standard InChI is InChI=1S/C17H32O6/c1-14(2,3)11(16(7,8)12(18)22-20)10-17(9,13(19)23-21)15(4,5)6/h11,20-21H,10H2,1-9H3. The Balaban J connectivity index is 6.06. The third-order valence-electron chi connectivity index (χ3n) is 5.33. The van der Waals surface area contributed by atoms with Crippen LogP contribution in [0.5, 0.6) is 0 Å². The van der Waals surface area contributed by atoms with Crippen molar-refractivity contribution in [3.63, 3.8) is 0 Å². The fourth-order valence-electron chi connectivity index (χ4n) is 3.11. The molecule has 0 bridgehead atoms. The van der Waals surface area contributed by atoms with Gasteiger partial charge in [-0.25, -0.2) is 9.59 Å². The summed E-state index contributed by atoms with van der Waals surface area (Å²) < 4.78 is 0. The Morgan fingerprint density at radius 3 is 1.48 bits per heavy atom. The molecule has 0 aromatic carbocycles. The van der Waals surface area contributed by atoms with Crippen molar-refractivity contribution in [3.05, 3.63) is 0 Å². The Kier molecular flexibility index (Phi) is 6.43. The Labute approximate surface area is 139 Å². The molecule has 0 aliphatic heterocycles. The van der Waals surface area contributed by atoms with Gasteiger partial charge >= 0.3 is 11.9 Å². The molecule has 0 aromatic rings. The van der Waals surface area contributed by atoms with Gasteiger partial charge in [0.15, 0.2) is 0 Å². The van der Waals surface area contributed by atoms with E-state index in [2.05, 4.69) is 9.78 Å². The van der Waals surface area contributed by atoms with Gasteiger partial charge in [0.2, 0.25) is 0 Å². The molecular weight excluding hydrogens is 300 g/mol. The van der Waals surface area contributed by atoms with Gasteiger partial charge in [-0.05, 0) is 43.9 Å². The molecule has 0 rings (SSSR count). The number of carbonyl (C=O) groups excluding carboxylic acids is 2. The minimum Gasteiger partial charge on any atom is -0.300 e. The van der Waals surface area contributed by atoms with Crippen molar-refractivity contribution >= 4 is 11.9 Å². The van der Waals surface area contributed by atoms with Crippen LogP contribution >= 0.6 is 0 Å². The van der Waals surface area contributed by atoms with E-state index in [9.17, 15) is 9.59 Å². The van der Waals surface area contributed by atoms with Gasteiger partial charge in [-0.15, -0.1) is 0 Å². The van der Waals surface area contributed by atoms with E-state index in [1.165, 1.54) is 0 Å². The molecule has 0 saturated heterocycles. The van der Waals surface area contributed by atoms with Crippen molar-refractivity contribution < 1.29 is 29.9 Å². The fraction of sp³-hybridized carbons (Fsp3) is 0.882. The van der Waals surface area contributed by atoms with Crippen LogP contribution in [0, 0.1) is 27.6 Å². The van der Waals surface area contributed by atoms with Crippen LogP contribution in [0.2, 0.25) is 0 Å². The highest BCUT2D eigenvalue weighted by Crippen LogP contribution is 2.52. The molecule has 136 valence electrons. The molecule has 0 heterocycles. The maximum absolute atomic E-state index is 12.3. The number of hydrogen-bond acceptors (Lipinski definition) is 6. The van der Waals surface area contributed by atoms with Crippen LogP contribution in [0.15, 0.2) is 0 Å². The van der Waals surface area contributed by atoms with Gasteiger partial charge in [0.05, 0.1) is 10.8 Å². The molecule has 0 saturated carbocycles. The van der Waals surface area contributed by atoms with Crippen LogP contribution in [0.1, 0.15) is 68.7 Å². The Hall–Kier alpha value is -1.14. The van der Waals surface area contributed by atoms with Crippen molar-refractivity contribution in [3.8, 4) is 0 Å². The minimum atomic E-state index is -1.04. The highest BCUT2D eigenvalue weighted by molar-refractivity contribution is 5.78. The van der Waals surface area contributed by atoms with E-state index in [0.29, 0.717) is 0 Å². The quantitative estimate of drug-likeness (QED) is 0.580.